The maximum Gasteiger partial charge on any atom is 0.246 e. The highest BCUT2D eigenvalue weighted by molar-refractivity contribution is 7.89. The number of aromatic nitrogens is 5. The number of rotatable bonds is 3. The van der Waals surface area contributed by atoms with Gasteiger partial charge in [0.25, 0.3) is 0 Å². The Morgan fingerprint density at radius 1 is 1.07 bits per heavy atom. The lowest BCUT2D eigenvalue weighted by atomic mass is 9.89. The predicted octanol–water partition coefficient (Wildman–Crippen LogP) is 1.96. The molecule has 0 spiro atoms. The normalized spacial score (nSPS) is 17.0. The smallest absolute Gasteiger partial charge is 0.246 e. The summed E-state index contributed by atoms with van der Waals surface area (Å²) in [4.78, 5) is 4.71. The van der Waals surface area contributed by atoms with Crippen molar-refractivity contribution in [1.29, 1.82) is 0 Å². The molecule has 0 unspecified atom stereocenters. The van der Waals surface area contributed by atoms with Crippen molar-refractivity contribution in [3.8, 4) is 0 Å². The first-order valence-corrected chi connectivity index (χ1v) is 10.5. The van der Waals surface area contributed by atoms with Crippen LogP contribution in [0.5, 0.6) is 0 Å². The minimum absolute atomic E-state index is 0.305. The van der Waals surface area contributed by atoms with Crippen molar-refractivity contribution in [2.24, 2.45) is 7.05 Å². The van der Waals surface area contributed by atoms with Gasteiger partial charge in [-0.1, -0.05) is 0 Å². The fraction of sp³-hybridized carbons (Fsp3) is 0.500. The first kappa shape index (κ1) is 18.1. The Hall–Kier alpha value is -2.26. The molecular weight excluding hydrogens is 364 g/mol. The Morgan fingerprint density at radius 3 is 2.41 bits per heavy atom. The van der Waals surface area contributed by atoms with Crippen LogP contribution in [-0.2, 0) is 17.1 Å². The molecule has 9 heteroatoms. The van der Waals surface area contributed by atoms with E-state index >= 15 is 0 Å². The number of piperidine rings is 1. The molecule has 4 heterocycles. The van der Waals surface area contributed by atoms with Gasteiger partial charge in [0, 0.05) is 32.5 Å². The van der Waals surface area contributed by atoms with E-state index in [2.05, 4.69) is 28.2 Å². The molecule has 3 aromatic rings. The van der Waals surface area contributed by atoms with Crippen LogP contribution in [0.2, 0.25) is 0 Å². The van der Waals surface area contributed by atoms with E-state index in [1.54, 1.807) is 29.2 Å². The molecule has 27 heavy (non-hydrogen) atoms. The lowest BCUT2D eigenvalue weighted by Gasteiger charge is -2.31. The van der Waals surface area contributed by atoms with E-state index in [0.717, 1.165) is 24.3 Å². The predicted molar refractivity (Wildman–Crippen MR) is 101 cm³/mol. The summed E-state index contributed by atoms with van der Waals surface area (Å²) >= 11 is 0. The molecule has 144 valence electrons. The van der Waals surface area contributed by atoms with Gasteiger partial charge >= 0.3 is 0 Å². The van der Waals surface area contributed by atoms with Gasteiger partial charge < -0.3 is 0 Å². The van der Waals surface area contributed by atoms with Crippen LogP contribution >= 0.6 is 0 Å². The van der Waals surface area contributed by atoms with Gasteiger partial charge in [-0.2, -0.15) is 14.5 Å². The third-order valence-corrected chi connectivity index (χ3v) is 7.31. The molecule has 0 atom stereocenters. The zero-order chi connectivity index (χ0) is 19.3. The van der Waals surface area contributed by atoms with E-state index in [1.165, 1.54) is 11.1 Å². The zero-order valence-corrected chi connectivity index (χ0v) is 16.9. The first-order chi connectivity index (χ1) is 12.8. The van der Waals surface area contributed by atoms with Crippen LogP contribution in [0.25, 0.3) is 5.65 Å². The summed E-state index contributed by atoms with van der Waals surface area (Å²) in [5.74, 6) is 1.07. The van der Waals surface area contributed by atoms with E-state index in [4.69, 9.17) is 0 Å². The van der Waals surface area contributed by atoms with Crippen molar-refractivity contribution in [3.63, 3.8) is 0 Å². The van der Waals surface area contributed by atoms with Crippen molar-refractivity contribution in [3.05, 3.63) is 41.1 Å². The number of hydrogen-bond acceptors (Lipinski definition) is 5. The van der Waals surface area contributed by atoms with Crippen LogP contribution in [0, 0.1) is 20.8 Å². The van der Waals surface area contributed by atoms with Crippen molar-refractivity contribution in [1.82, 2.24) is 28.7 Å². The molecule has 0 aromatic carbocycles. The Morgan fingerprint density at radius 2 is 1.78 bits per heavy atom. The van der Waals surface area contributed by atoms with Crippen LogP contribution in [0.15, 0.2) is 23.4 Å². The Balaban J connectivity index is 1.55. The SMILES string of the molecule is Cc1nc2cc(C)c(C3CCN(S(=O)(=O)c4cn(C)nc4C)CC3)cn2n1. The molecule has 0 amide bonds. The second-order valence-electron chi connectivity index (χ2n) is 7.30. The van der Waals surface area contributed by atoms with Gasteiger partial charge in [-0.15, -0.1) is 0 Å². The lowest BCUT2D eigenvalue weighted by molar-refractivity contribution is 0.318. The van der Waals surface area contributed by atoms with E-state index in [-0.39, 0.29) is 0 Å². The molecule has 0 N–H and O–H groups in total. The minimum Gasteiger partial charge on any atom is -0.274 e. The number of nitrogens with zero attached hydrogens (tertiary/aromatic N) is 6. The summed E-state index contributed by atoms with van der Waals surface area (Å²) in [6.07, 6.45) is 5.21. The van der Waals surface area contributed by atoms with Gasteiger partial charge in [0.1, 0.15) is 10.7 Å². The maximum absolute atomic E-state index is 13.0. The van der Waals surface area contributed by atoms with Crippen molar-refractivity contribution < 1.29 is 8.42 Å². The molecule has 0 saturated carbocycles. The molecule has 1 aliphatic heterocycles. The van der Waals surface area contributed by atoms with Crippen LogP contribution in [-0.4, -0.2) is 50.2 Å². The second-order valence-corrected chi connectivity index (χ2v) is 9.21. The Labute approximate surface area is 158 Å². The number of fused-ring (bicyclic) bond motifs is 1. The van der Waals surface area contributed by atoms with Crippen molar-refractivity contribution in [2.45, 2.75) is 44.4 Å². The summed E-state index contributed by atoms with van der Waals surface area (Å²) in [6, 6.07) is 2.05. The van der Waals surface area contributed by atoms with E-state index in [1.807, 2.05) is 17.6 Å². The maximum atomic E-state index is 13.0. The number of sulfonamides is 1. The number of pyridine rings is 1. The van der Waals surface area contributed by atoms with Gasteiger partial charge in [-0.05, 0) is 56.7 Å². The average Bonchev–Trinajstić information content (AvgIpc) is 3.14. The van der Waals surface area contributed by atoms with Gasteiger partial charge in [0.2, 0.25) is 10.0 Å². The van der Waals surface area contributed by atoms with Gasteiger partial charge in [0.15, 0.2) is 5.65 Å². The average molecular weight is 388 g/mol. The van der Waals surface area contributed by atoms with E-state index in [9.17, 15) is 8.42 Å². The number of aryl methyl sites for hydroxylation is 4. The molecule has 1 fully saturated rings. The fourth-order valence-electron chi connectivity index (χ4n) is 3.96. The third kappa shape index (κ3) is 3.14. The molecule has 0 radical (unpaired) electrons. The minimum atomic E-state index is -3.50. The van der Waals surface area contributed by atoms with Crippen molar-refractivity contribution in [2.75, 3.05) is 13.1 Å². The summed E-state index contributed by atoms with van der Waals surface area (Å²) in [5.41, 5.74) is 3.80. The molecular formula is C18H24N6O2S. The molecule has 3 aromatic heterocycles. The monoisotopic (exact) mass is 388 g/mol. The summed E-state index contributed by atoms with van der Waals surface area (Å²) < 4.78 is 30.9. The quantitative estimate of drug-likeness (QED) is 0.685. The lowest BCUT2D eigenvalue weighted by Crippen LogP contribution is -2.38. The van der Waals surface area contributed by atoms with Gasteiger partial charge in [-0.3, -0.25) is 4.68 Å². The molecule has 1 saturated heterocycles. The second kappa shape index (κ2) is 6.42. The number of hydrogen-bond donors (Lipinski definition) is 0. The largest absolute Gasteiger partial charge is 0.274 e. The Kier molecular flexibility index (Phi) is 4.31. The highest BCUT2D eigenvalue weighted by Crippen LogP contribution is 2.33. The highest BCUT2D eigenvalue weighted by Gasteiger charge is 2.32. The van der Waals surface area contributed by atoms with Crippen molar-refractivity contribution >= 4 is 15.7 Å². The van der Waals surface area contributed by atoms with Gasteiger partial charge in [-0.25, -0.2) is 17.9 Å². The van der Waals surface area contributed by atoms with E-state index in [0.29, 0.717) is 29.6 Å². The molecule has 0 aliphatic carbocycles. The van der Waals surface area contributed by atoms with Crippen LogP contribution < -0.4 is 0 Å². The van der Waals surface area contributed by atoms with Crippen LogP contribution in [0.3, 0.4) is 0 Å². The first-order valence-electron chi connectivity index (χ1n) is 9.09. The third-order valence-electron chi connectivity index (χ3n) is 5.31. The molecule has 0 bridgehead atoms. The van der Waals surface area contributed by atoms with Gasteiger partial charge in [0.05, 0.1) is 5.69 Å². The topological polar surface area (TPSA) is 85.4 Å². The van der Waals surface area contributed by atoms with E-state index < -0.39 is 10.0 Å². The molecule has 4 rings (SSSR count). The summed E-state index contributed by atoms with van der Waals surface area (Å²) in [7, 11) is -1.76. The standard InChI is InChI=1S/C18H24N6O2S/c1-12-9-18-19-14(3)21-24(18)10-16(12)15-5-7-23(8-6-15)27(25,26)17-11-22(4)20-13(17)2/h9-11,15H,5-8H2,1-4H3. The highest BCUT2D eigenvalue weighted by atomic mass is 32.2. The van der Waals surface area contributed by atoms with Crippen LogP contribution in [0.1, 0.15) is 41.4 Å². The fourth-order valence-corrected chi connectivity index (χ4v) is 5.62. The summed E-state index contributed by atoms with van der Waals surface area (Å²) in [6.45, 7) is 6.72. The molecule has 1 aliphatic rings. The molecule has 8 nitrogen and oxygen atoms in total. The Bertz CT molecular complexity index is 1110. The summed E-state index contributed by atoms with van der Waals surface area (Å²) in [5, 5.41) is 8.58. The van der Waals surface area contributed by atoms with Crippen LogP contribution in [0.4, 0.5) is 0 Å². The zero-order valence-electron chi connectivity index (χ0n) is 16.0.